The average molecular weight is 384 g/mol. The summed E-state index contributed by atoms with van der Waals surface area (Å²) in [6.45, 7) is 6.48. The van der Waals surface area contributed by atoms with Crippen LogP contribution in [0.3, 0.4) is 0 Å². The minimum absolute atomic E-state index is 0.132. The molecule has 1 aromatic heterocycles. The predicted octanol–water partition coefficient (Wildman–Crippen LogP) is 4.91. The normalized spacial score (nSPS) is 11.1. The second-order valence-electron chi connectivity index (χ2n) is 7.10. The zero-order valence-corrected chi connectivity index (χ0v) is 16.1. The summed E-state index contributed by atoms with van der Waals surface area (Å²) in [5.74, 6) is -1.47. The third-order valence-electron chi connectivity index (χ3n) is 4.39. The summed E-state index contributed by atoms with van der Waals surface area (Å²) in [5, 5.41) is 4.16. The lowest BCUT2D eigenvalue weighted by molar-refractivity contribution is 0.285. The second kappa shape index (κ2) is 8.33. The molecular weight excluding hydrogens is 362 g/mol. The number of rotatable bonds is 6. The Balaban J connectivity index is 2.10. The van der Waals surface area contributed by atoms with Gasteiger partial charge >= 0.3 is 5.56 Å². The Morgan fingerprint density at radius 3 is 2.43 bits per heavy atom. The molecule has 4 nitrogen and oxygen atoms in total. The van der Waals surface area contributed by atoms with E-state index in [1.165, 1.54) is 12.3 Å². The fourth-order valence-corrected chi connectivity index (χ4v) is 2.71. The molecule has 0 aliphatic rings. The minimum atomic E-state index is -1.05. The van der Waals surface area contributed by atoms with E-state index in [-0.39, 0.29) is 11.4 Å². The number of hydrogen-bond donors (Lipinski definition) is 0. The van der Waals surface area contributed by atoms with Crippen molar-refractivity contribution in [3.05, 3.63) is 76.2 Å². The molecule has 28 heavy (non-hydrogen) atoms. The van der Waals surface area contributed by atoms with E-state index in [0.717, 1.165) is 34.4 Å². The number of ether oxygens (including phenoxy) is 1. The number of nitrogens with zero attached hydrogens (tertiary/aromatic N) is 2. The molecule has 0 saturated carbocycles. The number of aromatic nitrogens is 2. The third kappa shape index (κ3) is 4.27. The molecular formula is C22H22F2N2O2. The van der Waals surface area contributed by atoms with Crippen molar-refractivity contribution in [1.82, 2.24) is 9.78 Å². The molecule has 0 aliphatic heterocycles. The van der Waals surface area contributed by atoms with Gasteiger partial charge in [-0.3, -0.25) is 4.79 Å². The molecule has 0 aliphatic carbocycles. The van der Waals surface area contributed by atoms with Crippen molar-refractivity contribution < 1.29 is 13.5 Å². The summed E-state index contributed by atoms with van der Waals surface area (Å²) in [5.41, 5.74) is 2.06. The largest absolute Gasteiger partial charge is 0.487 e. The van der Waals surface area contributed by atoms with Gasteiger partial charge in [-0.15, -0.1) is 0 Å². The van der Waals surface area contributed by atoms with Gasteiger partial charge in [0, 0.05) is 11.6 Å². The zero-order valence-electron chi connectivity index (χ0n) is 16.1. The summed E-state index contributed by atoms with van der Waals surface area (Å²) in [7, 11) is 0. The molecule has 2 aromatic carbocycles. The summed E-state index contributed by atoms with van der Waals surface area (Å²) in [6, 6.07) is 10.9. The Morgan fingerprint density at radius 1 is 1.07 bits per heavy atom. The lowest BCUT2D eigenvalue weighted by atomic mass is 10.1. The molecule has 1 heterocycles. The molecule has 0 unspecified atom stereocenters. The van der Waals surface area contributed by atoms with Gasteiger partial charge in [-0.1, -0.05) is 43.7 Å². The lowest BCUT2D eigenvalue weighted by Gasteiger charge is -2.14. The van der Waals surface area contributed by atoms with Crippen LogP contribution >= 0.6 is 0 Å². The molecule has 0 N–H and O–H groups in total. The van der Waals surface area contributed by atoms with E-state index in [4.69, 9.17) is 4.74 Å². The molecule has 0 saturated heterocycles. The van der Waals surface area contributed by atoms with Crippen molar-refractivity contribution in [3.8, 4) is 22.6 Å². The first-order valence-corrected chi connectivity index (χ1v) is 9.14. The molecule has 0 amide bonds. The summed E-state index contributed by atoms with van der Waals surface area (Å²) in [6.07, 6.45) is 2.29. The van der Waals surface area contributed by atoms with Gasteiger partial charge < -0.3 is 4.74 Å². The number of aryl methyl sites for hydroxylation is 1. The summed E-state index contributed by atoms with van der Waals surface area (Å²) in [4.78, 5) is 13.1. The van der Waals surface area contributed by atoms with E-state index in [1.807, 2.05) is 31.2 Å². The fraction of sp³-hybridized carbons (Fsp3) is 0.273. The van der Waals surface area contributed by atoms with E-state index in [1.54, 1.807) is 0 Å². The number of hydrogen-bond acceptors (Lipinski definition) is 3. The van der Waals surface area contributed by atoms with Crippen LogP contribution in [0.2, 0.25) is 0 Å². The first kappa shape index (κ1) is 19.7. The summed E-state index contributed by atoms with van der Waals surface area (Å²) < 4.78 is 33.7. The van der Waals surface area contributed by atoms with Gasteiger partial charge in [-0.05, 0) is 37.0 Å². The van der Waals surface area contributed by atoms with Crippen LogP contribution in [0.25, 0.3) is 16.8 Å². The van der Waals surface area contributed by atoms with Gasteiger partial charge in [0.05, 0.1) is 18.5 Å². The Hall–Kier alpha value is -3.02. The standard InChI is InChI=1S/C22H22F2N2O2/c1-14(2)10-11-28-21-18(16-6-4-15(3)5-7-16)13-25-26(22(21)27)17-8-9-19(23)20(24)12-17/h4-9,12-14H,10-11H2,1-3H3. The quantitative estimate of drug-likeness (QED) is 0.606. The minimum Gasteiger partial charge on any atom is -0.487 e. The van der Waals surface area contributed by atoms with E-state index in [0.29, 0.717) is 18.1 Å². The third-order valence-corrected chi connectivity index (χ3v) is 4.39. The Labute approximate surface area is 162 Å². The fourth-order valence-electron chi connectivity index (χ4n) is 2.71. The van der Waals surface area contributed by atoms with Crippen LogP contribution in [0.1, 0.15) is 25.8 Å². The maximum absolute atomic E-state index is 13.6. The highest BCUT2D eigenvalue weighted by Gasteiger charge is 2.17. The molecule has 3 rings (SSSR count). The smallest absolute Gasteiger partial charge is 0.314 e. The average Bonchev–Trinajstić information content (AvgIpc) is 2.66. The monoisotopic (exact) mass is 384 g/mol. The molecule has 0 atom stereocenters. The van der Waals surface area contributed by atoms with Crippen LogP contribution in [-0.4, -0.2) is 16.4 Å². The highest BCUT2D eigenvalue weighted by molar-refractivity contribution is 5.69. The number of benzene rings is 2. The van der Waals surface area contributed by atoms with Crippen LogP contribution in [0.5, 0.6) is 5.75 Å². The second-order valence-corrected chi connectivity index (χ2v) is 7.10. The van der Waals surface area contributed by atoms with Crippen molar-refractivity contribution in [2.75, 3.05) is 6.61 Å². The first-order valence-electron chi connectivity index (χ1n) is 9.14. The van der Waals surface area contributed by atoms with Gasteiger partial charge in [0.25, 0.3) is 0 Å². The van der Waals surface area contributed by atoms with Crippen LogP contribution in [0, 0.1) is 24.5 Å². The summed E-state index contributed by atoms with van der Waals surface area (Å²) >= 11 is 0. The van der Waals surface area contributed by atoms with Gasteiger partial charge in [0.2, 0.25) is 0 Å². The Bertz CT molecular complexity index is 1030. The first-order chi connectivity index (χ1) is 13.4. The topological polar surface area (TPSA) is 44.1 Å². The van der Waals surface area contributed by atoms with Crippen molar-refractivity contribution in [2.45, 2.75) is 27.2 Å². The zero-order chi connectivity index (χ0) is 20.3. The van der Waals surface area contributed by atoms with Crippen LogP contribution < -0.4 is 10.3 Å². The van der Waals surface area contributed by atoms with Crippen LogP contribution in [0.4, 0.5) is 8.78 Å². The van der Waals surface area contributed by atoms with Crippen molar-refractivity contribution in [3.63, 3.8) is 0 Å². The van der Waals surface area contributed by atoms with Gasteiger partial charge in [-0.25, -0.2) is 8.78 Å². The molecule has 3 aromatic rings. The Kier molecular flexibility index (Phi) is 5.87. The van der Waals surface area contributed by atoms with E-state index >= 15 is 0 Å². The SMILES string of the molecule is Cc1ccc(-c2cnn(-c3ccc(F)c(F)c3)c(=O)c2OCCC(C)C)cc1. The molecule has 0 spiro atoms. The van der Waals surface area contributed by atoms with Crippen LogP contribution in [0.15, 0.2) is 53.5 Å². The lowest BCUT2D eigenvalue weighted by Crippen LogP contribution is -2.24. The predicted molar refractivity (Wildman–Crippen MR) is 105 cm³/mol. The van der Waals surface area contributed by atoms with Gasteiger partial charge in [0.1, 0.15) is 0 Å². The van der Waals surface area contributed by atoms with E-state index in [2.05, 4.69) is 18.9 Å². The highest BCUT2D eigenvalue weighted by Crippen LogP contribution is 2.27. The molecule has 0 radical (unpaired) electrons. The van der Waals surface area contributed by atoms with Crippen LogP contribution in [-0.2, 0) is 0 Å². The molecule has 146 valence electrons. The molecule has 0 fully saturated rings. The van der Waals surface area contributed by atoms with Gasteiger partial charge in [0.15, 0.2) is 17.4 Å². The van der Waals surface area contributed by atoms with Gasteiger partial charge in [-0.2, -0.15) is 9.78 Å². The molecule has 6 heteroatoms. The molecule has 0 bridgehead atoms. The van der Waals surface area contributed by atoms with E-state index in [9.17, 15) is 13.6 Å². The van der Waals surface area contributed by atoms with Crippen molar-refractivity contribution in [2.24, 2.45) is 5.92 Å². The van der Waals surface area contributed by atoms with Crippen molar-refractivity contribution >= 4 is 0 Å². The highest BCUT2D eigenvalue weighted by atomic mass is 19.2. The Morgan fingerprint density at radius 2 is 1.79 bits per heavy atom. The maximum Gasteiger partial charge on any atom is 0.314 e. The van der Waals surface area contributed by atoms with Crippen molar-refractivity contribution in [1.29, 1.82) is 0 Å². The van der Waals surface area contributed by atoms with E-state index < -0.39 is 17.2 Å². The number of halogens is 2. The maximum atomic E-state index is 13.6.